The Hall–Kier alpha value is -0.740. The van der Waals surface area contributed by atoms with Crippen LogP contribution >= 0.6 is 22.9 Å². The summed E-state index contributed by atoms with van der Waals surface area (Å²) in [5.74, 6) is 0.147. The summed E-state index contributed by atoms with van der Waals surface area (Å²) in [6, 6.07) is 0.897. The molecule has 102 valence electrons. The number of hydrogen-bond acceptors (Lipinski definition) is 6. The van der Waals surface area contributed by atoms with Crippen molar-refractivity contribution >= 4 is 38.6 Å². The van der Waals surface area contributed by atoms with Gasteiger partial charge in [-0.05, 0) is 5.92 Å². The Morgan fingerprint density at radius 3 is 2.67 bits per heavy atom. The number of thiophene rings is 1. The molecule has 0 saturated carbocycles. The van der Waals surface area contributed by atoms with E-state index in [0.29, 0.717) is 11.3 Å². The highest BCUT2D eigenvalue weighted by Crippen LogP contribution is 2.36. The maximum Gasteiger partial charge on any atom is 0.300 e. The first-order valence-corrected chi connectivity index (χ1v) is 7.49. The largest absolute Gasteiger partial charge is 0.300 e. The van der Waals surface area contributed by atoms with Gasteiger partial charge in [-0.2, -0.15) is 0 Å². The Kier molecular flexibility index (Phi) is 5.05. The zero-order valence-electron chi connectivity index (χ0n) is 9.54. The van der Waals surface area contributed by atoms with Crippen LogP contribution in [0.15, 0.2) is 10.3 Å². The minimum Gasteiger partial charge on any atom is -0.287 e. The maximum atomic E-state index is 11.7. The minimum atomic E-state index is -3.93. The van der Waals surface area contributed by atoms with E-state index >= 15 is 0 Å². The highest BCUT2D eigenvalue weighted by molar-refractivity contribution is 7.91. The summed E-state index contributed by atoms with van der Waals surface area (Å²) in [7, 11) is -3.93. The molecule has 0 saturated heterocycles. The lowest BCUT2D eigenvalue weighted by Gasteiger charge is -2.06. The summed E-state index contributed by atoms with van der Waals surface area (Å²) in [5.41, 5.74) is -0.439. The van der Waals surface area contributed by atoms with Gasteiger partial charge in [0, 0.05) is 6.07 Å². The summed E-state index contributed by atoms with van der Waals surface area (Å²) >= 11 is 6.18. The molecule has 1 N–H and O–H groups in total. The number of nitro groups is 1. The molecule has 1 aromatic heterocycles. The second-order valence-electron chi connectivity index (χ2n) is 3.77. The Morgan fingerprint density at radius 2 is 2.22 bits per heavy atom. The first-order chi connectivity index (χ1) is 8.24. The topological polar surface area (TPSA) is 98.5 Å². The van der Waals surface area contributed by atoms with Gasteiger partial charge in [0.1, 0.15) is 4.21 Å². The van der Waals surface area contributed by atoms with Gasteiger partial charge in [-0.3, -0.25) is 15.0 Å². The lowest BCUT2D eigenvalue weighted by Crippen LogP contribution is -2.25. The zero-order valence-corrected chi connectivity index (χ0v) is 11.9. The molecule has 1 aromatic rings. The van der Waals surface area contributed by atoms with Gasteiger partial charge >= 0.3 is 0 Å². The quantitative estimate of drug-likeness (QED) is 0.641. The van der Waals surface area contributed by atoms with Gasteiger partial charge < -0.3 is 0 Å². The van der Waals surface area contributed by atoms with Crippen molar-refractivity contribution in [3.63, 3.8) is 0 Å². The van der Waals surface area contributed by atoms with E-state index in [4.69, 9.17) is 16.4 Å². The van der Waals surface area contributed by atoms with Crippen molar-refractivity contribution in [2.45, 2.75) is 18.1 Å². The van der Waals surface area contributed by atoms with Gasteiger partial charge in [-0.15, -0.1) is 11.3 Å². The van der Waals surface area contributed by atoms with Gasteiger partial charge in [0.2, 0.25) is 0 Å². The van der Waals surface area contributed by atoms with Crippen LogP contribution in [0.4, 0.5) is 5.69 Å². The van der Waals surface area contributed by atoms with Crippen LogP contribution in [-0.2, 0) is 14.9 Å². The lowest BCUT2D eigenvalue weighted by atomic mass is 10.2. The van der Waals surface area contributed by atoms with Crippen LogP contribution in [0.3, 0.4) is 0 Å². The number of nitrogens with one attached hydrogen (secondary N) is 1. The molecule has 0 radical (unpaired) electrons. The van der Waals surface area contributed by atoms with Crippen molar-refractivity contribution in [1.29, 1.82) is 0 Å². The molecule has 7 nitrogen and oxygen atoms in total. The van der Waals surface area contributed by atoms with E-state index in [1.54, 1.807) is 0 Å². The number of nitrogens with zero attached hydrogens (tertiary/aromatic N) is 1. The Labute approximate surface area is 113 Å². The third kappa shape index (κ3) is 3.89. The Bertz CT molecular complexity index is 540. The Balaban J connectivity index is 2.85. The van der Waals surface area contributed by atoms with E-state index in [-0.39, 0.29) is 21.1 Å². The van der Waals surface area contributed by atoms with E-state index < -0.39 is 20.6 Å². The third-order valence-electron chi connectivity index (χ3n) is 1.69. The molecule has 0 atom stereocenters. The smallest absolute Gasteiger partial charge is 0.287 e. The van der Waals surface area contributed by atoms with Crippen molar-refractivity contribution in [1.82, 2.24) is 4.89 Å². The maximum absolute atomic E-state index is 11.7. The van der Waals surface area contributed by atoms with E-state index in [1.807, 2.05) is 18.7 Å². The van der Waals surface area contributed by atoms with Crippen molar-refractivity contribution in [2.24, 2.45) is 5.92 Å². The fourth-order valence-electron chi connectivity index (χ4n) is 0.915. The van der Waals surface area contributed by atoms with Crippen LogP contribution in [0, 0.1) is 16.0 Å². The number of sulfonamides is 1. The molecule has 0 unspecified atom stereocenters. The molecule has 10 heteroatoms. The molecule has 0 amide bonds. The SMILES string of the molecule is CC(C)CONS(=O)(=O)c1cc([N+](=O)[O-])c(Cl)s1. The van der Waals surface area contributed by atoms with Gasteiger partial charge in [-0.25, -0.2) is 8.42 Å². The van der Waals surface area contributed by atoms with E-state index in [1.165, 1.54) is 0 Å². The van der Waals surface area contributed by atoms with Crippen LogP contribution in [0.5, 0.6) is 0 Å². The molecule has 18 heavy (non-hydrogen) atoms. The van der Waals surface area contributed by atoms with Gasteiger partial charge in [0.15, 0.2) is 4.34 Å². The normalized spacial score (nSPS) is 12.0. The number of halogens is 1. The van der Waals surface area contributed by atoms with E-state index in [0.717, 1.165) is 6.07 Å². The molecule has 0 aromatic carbocycles. The molecule has 0 aliphatic carbocycles. The molecule has 1 heterocycles. The fraction of sp³-hybridized carbons (Fsp3) is 0.500. The van der Waals surface area contributed by atoms with Crippen LogP contribution in [0.1, 0.15) is 13.8 Å². The molecule has 0 aliphatic rings. The molecule has 0 bridgehead atoms. The second kappa shape index (κ2) is 5.93. The summed E-state index contributed by atoms with van der Waals surface area (Å²) in [6.45, 7) is 3.89. The number of hydrogen-bond donors (Lipinski definition) is 1. The van der Waals surface area contributed by atoms with Crippen molar-refractivity contribution in [3.8, 4) is 0 Å². The zero-order chi connectivity index (χ0) is 13.9. The lowest BCUT2D eigenvalue weighted by molar-refractivity contribution is -0.384. The standard InChI is InChI=1S/C8H11ClN2O5S2/c1-5(2)4-16-10-18(14,15)7-3-6(11(12)13)8(9)17-7/h3,5,10H,4H2,1-2H3. The highest BCUT2D eigenvalue weighted by Gasteiger charge is 2.25. The number of rotatable bonds is 6. The van der Waals surface area contributed by atoms with Gasteiger partial charge in [-0.1, -0.05) is 30.3 Å². The molecular formula is C8H11ClN2O5S2. The monoisotopic (exact) mass is 314 g/mol. The van der Waals surface area contributed by atoms with Crippen LogP contribution in [-0.4, -0.2) is 19.9 Å². The van der Waals surface area contributed by atoms with Crippen LogP contribution in [0.25, 0.3) is 0 Å². The predicted octanol–water partition coefficient (Wildman–Crippen LogP) is 2.18. The van der Waals surface area contributed by atoms with Crippen molar-refractivity contribution in [3.05, 3.63) is 20.5 Å². The molecule has 0 aliphatic heterocycles. The van der Waals surface area contributed by atoms with Gasteiger partial charge in [0.05, 0.1) is 11.5 Å². The Morgan fingerprint density at radius 1 is 1.61 bits per heavy atom. The van der Waals surface area contributed by atoms with E-state index in [9.17, 15) is 18.5 Å². The summed E-state index contributed by atoms with van der Waals surface area (Å²) in [6.07, 6.45) is 0. The molecule has 0 spiro atoms. The van der Waals surface area contributed by atoms with Crippen LogP contribution in [0.2, 0.25) is 4.34 Å². The molecule has 1 rings (SSSR count). The first-order valence-electron chi connectivity index (χ1n) is 4.81. The highest BCUT2D eigenvalue weighted by atomic mass is 35.5. The van der Waals surface area contributed by atoms with Crippen molar-refractivity contribution < 1.29 is 18.2 Å². The third-order valence-corrected chi connectivity index (χ3v) is 4.72. The molecule has 0 fully saturated rings. The van der Waals surface area contributed by atoms with Crippen molar-refractivity contribution in [2.75, 3.05) is 6.61 Å². The first kappa shape index (κ1) is 15.3. The summed E-state index contributed by atoms with van der Waals surface area (Å²) < 4.78 is 22.9. The average Bonchev–Trinajstić information content (AvgIpc) is 2.60. The molecular weight excluding hydrogens is 304 g/mol. The minimum absolute atomic E-state index is 0.147. The second-order valence-corrected chi connectivity index (χ2v) is 7.30. The fourth-order valence-corrected chi connectivity index (χ4v) is 3.37. The average molecular weight is 315 g/mol. The van der Waals surface area contributed by atoms with Gasteiger partial charge in [0.25, 0.3) is 15.7 Å². The van der Waals surface area contributed by atoms with E-state index in [2.05, 4.69) is 0 Å². The summed E-state index contributed by atoms with van der Waals surface area (Å²) in [4.78, 5) is 16.5. The van der Waals surface area contributed by atoms with Crippen LogP contribution < -0.4 is 4.89 Å². The predicted molar refractivity (Wildman–Crippen MR) is 67.1 cm³/mol. The summed E-state index contributed by atoms with van der Waals surface area (Å²) in [5, 5.41) is 10.5.